The van der Waals surface area contributed by atoms with Crippen molar-refractivity contribution in [1.82, 2.24) is 0 Å². The highest BCUT2D eigenvalue weighted by molar-refractivity contribution is 5.74. The van der Waals surface area contributed by atoms with Crippen molar-refractivity contribution < 1.29 is 19.0 Å². The van der Waals surface area contributed by atoms with Gasteiger partial charge in [0.25, 0.3) is 0 Å². The molecule has 4 nitrogen and oxygen atoms in total. The van der Waals surface area contributed by atoms with Gasteiger partial charge in [0.05, 0.1) is 19.3 Å². The molecule has 0 heterocycles. The molecule has 4 heteroatoms. The third kappa shape index (κ3) is 7.33. The number of carbonyl (C=O) groups is 1. The maximum atomic E-state index is 10.6. The topological polar surface area (TPSA) is 44.8 Å². The quantitative estimate of drug-likeness (QED) is 0.332. The van der Waals surface area contributed by atoms with Crippen LogP contribution in [0.25, 0.3) is 0 Å². The molecule has 0 saturated carbocycles. The average molecular weight is 340 g/mol. The summed E-state index contributed by atoms with van der Waals surface area (Å²) >= 11 is 0. The first-order valence-corrected chi connectivity index (χ1v) is 8.34. The molecule has 0 saturated heterocycles. The van der Waals surface area contributed by atoms with E-state index < -0.39 is 0 Å². The highest BCUT2D eigenvalue weighted by Gasteiger charge is 2.10. The first-order valence-electron chi connectivity index (χ1n) is 8.34. The largest absolute Gasteiger partial charge is 0.491 e. The van der Waals surface area contributed by atoms with E-state index in [0.29, 0.717) is 32.0 Å². The molecular weight excluding hydrogens is 316 g/mol. The molecule has 0 bridgehead atoms. The Morgan fingerprint density at radius 3 is 2.48 bits per heavy atom. The Bertz CT molecular complexity index is 622. The second kappa shape index (κ2) is 11.2. The summed E-state index contributed by atoms with van der Waals surface area (Å²) in [6, 6.07) is 17.0. The van der Waals surface area contributed by atoms with E-state index in [4.69, 9.17) is 14.2 Å². The fourth-order valence-electron chi connectivity index (χ4n) is 2.22. The summed E-state index contributed by atoms with van der Waals surface area (Å²) in [7, 11) is 0. The third-order valence-corrected chi connectivity index (χ3v) is 3.60. The van der Waals surface area contributed by atoms with Crippen molar-refractivity contribution in [3.05, 3.63) is 78.4 Å². The van der Waals surface area contributed by atoms with Gasteiger partial charge < -0.3 is 14.2 Å². The van der Waals surface area contributed by atoms with Crippen molar-refractivity contribution in [3.8, 4) is 5.75 Å². The van der Waals surface area contributed by atoms with Gasteiger partial charge in [0.15, 0.2) is 0 Å². The number of para-hydroxylation sites is 1. The van der Waals surface area contributed by atoms with Crippen molar-refractivity contribution >= 4 is 6.29 Å². The number of rotatable bonds is 12. The van der Waals surface area contributed by atoms with Crippen LogP contribution in [-0.4, -0.2) is 32.2 Å². The lowest BCUT2D eigenvalue weighted by atomic mass is 10.2. The summed E-state index contributed by atoms with van der Waals surface area (Å²) in [5.74, 6) is 0.825. The van der Waals surface area contributed by atoms with Crippen LogP contribution in [-0.2, 0) is 16.1 Å². The van der Waals surface area contributed by atoms with Gasteiger partial charge in [-0.2, -0.15) is 0 Å². The molecule has 2 rings (SSSR count). The second-order valence-corrected chi connectivity index (χ2v) is 5.57. The summed E-state index contributed by atoms with van der Waals surface area (Å²) in [6.45, 7) is 5.70. The monoisotopic (exact) mass is 340 g/mol. The van der Waals surface area contributed by atoms with Crippen molar-refractivity contribution in [3.63, 3.8) is 0 Å². The minimum absolute atomic E-state index is 0.0596. The maximum Gasteiger partial charge on any atom is 0.150 e. The zero-order valence-corrected chi connectivity index (χ0v) is 14.3. The van der Waals surface area contributed by atoms with Gasteiger partial charge >= 0.3 is 0 Å². The van der Waals surface area contributed by atoms with Gasteiger partial charge in [0.2, 0.25) is 0 Å². The molecule has 0 aromatic heterocycles. The molecule has 0 unspecified atom stereocenters. The zero-order valence-electron chi connectivity index (χ0n) is 14.3. The average Bonchev–Trinajstić information content (AvgIpc) is 2.68. The minimum Gasteiger partial charge on any atom is -0.491 e. The van der Waals surface area contributed by atoms with E-state index in [2.05, 4.69) is 6.58 Å². The molecule has 0 amide bonds. The SMILES string of the molecule is C=CCO[C@@H](CCOCc1ccc(C=O)cc1)COc1ccccc1. The van der Waals surface area contributed by atoms with Crippen molar-refractivity contribution in [2.45, 2.75) is 19.1 Å². The lowest BCUT2D eigenvalue weighted by molar-refractivity contribution is 0.00565. The molecule has 132 valence electrons. The fourth-order valence-corrected chi connectivity index (χ4v) is 2.22. The Morgan fingerprint density at radius 1 is 1.04 bits per heavy atom. The van der Waals surface area contributed by atoms with Crippen molar-refractivity contribution in [2.24, 2.45) is 0 Å². The van der Waals surface area contributed by atoms with Gasteiger partial charge in [-0.3, -0.25) is 4.79 Å². The van der Waals surface area contributed by atoms with E-state index in [1.807, 2.05) is 42.5 Å². The third-order valence-electron chi connectivity index (χ3n) is 3.60. The van der Waals surface area contributed by atoms with E-state index in [1.54, 1.807) is 18.2 Å². The van der Waals surface area contributed by atoms with Gasteiger partial charge in [0.1, 0.15) is 18.6 Å². The van der Waals surface area contributed by atoms with Crippen molar-refractivity contribution in [1.29, 1.82) is 0 Å². The van der Waals surface area contributed by atoms with E-state index in [0.717, 1.165) is 24.0 Å². The number of carbonyl (C=O) groups excluding carboxylic acids is 1. The van der Waals surface area contributed by atoms with Crippen LogP contribution in [0.2, 0.25) is 0 Å². The summed E-state index contributed by atoms with van der Waals surface area (Å²) in [4.78, 5) is 10.6. The van der Waals surface area contributed by atoms with Crippen LogP contribution >= 0.6 is 0 Å². The van der Waals surface area contributed by atoms with Crippen molar-refractivity contribution in [2.75, 3.05) is 19.8 Å². The molecule has 0 aliphatic rings. The van der Waals surface area contributed by atoms with Crippen LogP contribution < -0.4 is 4.74 Å². The Hall–Kier alpha value is -2.43. The smallest absolute Gasteiger partial charge is 0.150 e. The highest BCUT2D eigenvalue weighted by atomic mass is 16.5. The minimum atomic E-state index is -0.0596. The Balaban J connectivity index is 1.72. The van der Waals surface area contributed by atoms with Crippen LogP contribution in [0.1, 0.15) is 22.3 Å². The van der Waals surface area contributed by atoms with Gasteiger partial charge in [0, 0.05) is 18.6 Å². The van der Waals surface area contributed by atoms with E-state index >= 15 is 0 Å². The summed E-state index contributed by atoms with van der Waals surface area (Å²) in [5.41, 5.74) is 1.70. The lowest BCUT2D eigenvalue weighted by Crippen LogP contribution is -2.24. The highest BCUT2D eigenvalue weighted by Crippen LogP contribution is 2.11. The molecule has 0 N–H and O–H groups in total. The Kier molecular flexibility index (Phi) is 8.45. The number of aldehydes is 1. The van der Waals surface area contributed by atoms with Crippen LogP contribution in [0.15, 0.2) is 67.3 Å². The van der Waals surface area contributed by atoms with Crippen LogP contribution in [0, 0.1) is 0 Å². The van der Waals surface area contributed by atoms with Gasteiger partial charge in [-0.15, -0.1) is 6.58 Å². The Morgan fingerprint density at radius 2 is 1.80 bits per heavy atom. The van der Waals surface area contributed by atoms with E-state index in [9.17, 15) is 4.79 Å². The zero-order chi connectivity index (χ0) is 17.7. The number of benzene rings is 2. The fraction of sp³-hybridized carbons (Fsp3) is 0.286. The normalized spacial score (nSPS) is 11.7. The molecule has 25 heavy (non-hydrogen) atoms. The number of hydrogen-bond acceptors (Lipinski definition) is 4. The van der Waals surface area contributed by atoms with Crippen LogP contribution in [0.4, 0.5) is 0 Å². The maximum absolute atomic E-state index is 10.6. The molecule has 1 atom stereocenters. The predicted octanol–water partition coefficient (Wildman–Crippen LogP) is 4.06. The molecule has 0 aliphatic heterocycles. The van der Waals surface area contributed by atoms with E-state index in [1.165, 1.54) is 0 Å². The number of hydrogen-bond donors (Lipinski definition) is 0. The molecule has 0 fully saturated rings. The van der Waals surface area contributed by atoms with Crippen LogP contribution in [0.3, 0.4) is 0 Å². The number of ether oxygens (including phenoxy) is 3. The molecule has 2 aromatic rings. The summed E-state index contributed by atoms with van der Waals surface area (Å²) < 4.78 is 17.2. The molecular formula is C21H24O4. The van der Waals surface area contributed by atoms with E-state index in [-0.39, 0.29) is 6.10 Å². The molecule has 0 aliphatic carbocycles. The first kappa shape index (κ1) is 18.9. The van der Waals surface area contributed by atoms with Gasteiger partial charge in [-0.05, 0) is 17.7 Å². The standard InChI is InChI=1S/C21H24O4/c1-2-13-24-21(17-25-20-6-4-3-5-7-20)12-14-23-16-19-10-8-18(15-22)9-11-19/h2-11,15,21H,1,12-14,16-17H2/t21-/m0/s1. The van der Waals surface area contributed by atoms with Crippen LogP contribution in [0.5, 0.6) is 5.75 Å². The molecule has 2 aromatic carbocycles. The molecule has 0 radical (unpaired) electrons. The second-order valence-electron chi connectivity index (χ2n) is 5.57. The van der Waals surface area contributed by atoms with Gasteiger partial charge in [-0.1, -0.05) is 48.5 Å². The Labute approximate surface area is 149 Å². The molecule has 0 spiro atoms. The summed E-state index contributed by atoms with van der Waals surface area (Å²) in [6.07, 6.45) is 3.23. The predicted molar refractivity (Wildman–Crippen MR) is 98.0 cm³/mol. The summed E-state index contributed by atoms with van der Waals surface area (Å²) in [5, 5.41) is 0. The first-order chi connectivity index (χ1) is 12.3. The lowest BCUT2D eigenvalue weighted by Gasteiger charge is -2.18. The van der Waals surface area contributed by atoms with Gasteiger partial charge in [-0.25, -0.2) is 0 Å².